The number of benzene rings is 1. The molecule has 1 aromatic heterocycles. The predicted molar refractivity (Wildman–Crippen MR) is 114 cm³/mol. The first-order chi connectivity index (χ1) is 14.2. The average Bonchev–Trinajstić information content (AvgIpc) is 3.40. The van der Waals surface area contributed by atoms with Gasteiger partial charge in [0.05, 0.1) is 6.10 Å². The van der Waals surface area contributed by atoms with E-state index in [9.17, 15) is 9.90 Å². The van der Waals surface area contributed by atoms with Crippen LogP contribution in [0.3, 0.4) is 0 Å². The first-order valence-electron chi connectivity index (χ1n) is 10.7. The number of nitrogens with one attached hydrogen (secondary N) is 3. The molecule has 29 heavy (non-hydrogen) atoms. The fourth-order valence-corrected chi connectivity index (χ4v) is 4.32. The zero-order valence-corrected chi connectivity index (χ0v) is 16.7. The predicted octanol–water partition coefficient (Wildman–Crippen LogP) is 2.28. The van der Waals surface area contributed by atoms with Gasteiger partial charge in [-0.3, -0.25) is 4.79 Å². The van der Waals surface area contributed by atoms with Crippen LogP contribution in [0, 0.1) is 0 Å². The molecule has 1 fully saturated rings. The second-order valence-corrected chi connectivity index (χ2v) is 8.20. The van der Waals surface area contributed by atoms with E-state index >= 15 is 0 Å². The summed E-state index contributed by atoms with van der Waals surface area (Å²) in [5, 5.41) is 19.9. The fraction of sp³-hybridized carbons (Fsp3) is 0.478. The molecule has 4 N–H and O–H groups in total. The van der Waals surface area contributed by atoms with Crippen molar-refractivity contribution in [3.05, 3.63) is 59.3 Å². The highest BCUT2D eigenvalue weighted by molar-refractivity contribution is 5.94. The second-order valence-electron chi connectivity index (χ2n) is 8.20. The quantitative estimate of drug-likeness (QED) is 0.552. The van der Waals surface area contributed by atoms with Crippen molar-refractivity contribution in [3.63, 3.8) is 0 Å². The van der Waals surface area contributed by atoms with Crippen molar-refractivity contribution in [3.8, 4) is 0 Å². The van der Waals surface area contributed by atoms with Gasteiger partial charge in [-0.05, 0) is 48.9 Å². The molecule has 0 aliphatic heterocycles. The number of rotatable bonds is 8. The first kappa shape index (κ1) is 19.9. The smallest absolute Gasteiger partial charge is 0.251 e. The molecule has 0 saturated heterocycles. The third-order valence-electron chi connectivity index (χ3n) is 5.92. The number of fused-ring (bicyclic) bond motifs is 1. The van der Waals surface area contributed by atoms with Crippen LogP contribution in [0.2, 0.25) is 0 Å². The minimum Gasteiger partial charge on any atom is -0.390 e. The van der Waals surface area contributed by atoms with Gasteiger partial charge >= 0.3 is 0 Å². The van der Waals surface area contributed by atoms with Crippen LogP contribution in [0.4, 0.5) is 5.82 Å². The molecule has 4 rings (SSSR count). The van der Waals surface area contributed by atoms with Crippen molar-refractivity contribution in [1.29, 1.82) is 0 Å². The van der Waals surface area contributed by atoms with Crippen LogP contribution in [-0.4, -0.2) is 47.3 Å². The van der Waals surface area contributed by atoms with Crippen LogP contribution >= 0.6 is 0 Å². The molecule has 1 saturated carbocycles. The summed E-state index contributed by atoms with van der Waals surface area (Å²) in [5.41, 5.74) is 3.33. The monoisotopic (exact) mass is 394 g/mol. The van der Waals surface area contributed by atoms with Crippen LogP contribution in [0.5, 0.6) is 0 Å². The zero-order valence-electron chi connectivity index (χ0n) is 16.7. The average molecular weight is 395 g/mol. The minimum absolute atomic E-state index is 0.186. The van der Waals surface area contributed by atoms with Gasteiger partial charge in [-0.15, -0.1) is 0 Å². The number of nitrogens with zero attached hydrogens (tertiary/aromatic N) is 1. The van der Waals surface area contributed by atoms with E-state index in [1.165, 1.54) is 24.0 Å². The molecule has 1 aromatic carbocycles. The van der Waals surface area contributed by atoms with Crippen LogP contribution in [0.25, 0.3) is 0 Å². The molecule has 1 unspecified atom stereocenters. The number of aliphatic hydroxyl groups excluding tert-OH is 1. The van der Waals surface area contributed by atoms with Crippen molar-refractivity contribution in [2.45, 2.75) is 56.7 Å². The molecular formula is C23H30N4O2. The van der Waals surface area contributed by atoms with Crippen molar-refractivity contribution in [1.82, 2.24) is 15.6 Å². The Hall–Kier alpha value is -2.44. The van der Waals surface area contributed by atoms with E-state index < -0.39 is 6.10 Å². The highest BCUT2D eigenvalue weighted by Gasteiger charge is 2.21. The maximum atomic E-state index is 12.4. The van der Waals surface area contributed by atoms with Gasteiger partial charge in [0.2, 0.25) is 0 Å². The van der Waals surface area contributed by atoms with Crippen molar-refractivity contribution >= 4 is 11.7 Å². The van der Waals surface area contributed by atoms with Gasteiger partial charge in [0.1, 0.15) is 5.82 Å². The van der Waals surface area contributed by atoms with Crippen molar-refractivity contribution in [2.24, 2.45) is 0 Å². The lowest BCUT2D eigenvalue weighted by Gasteiger charge is -2.17. The normalized spacial score (nSPS) is 17.8. The van der Waals surface area contributed by atoms with Crippen LogP contribution in [-0.2, 0) is 12.8 Å². The van der Waals surface area contributed by atoms with E-state index in [0.717, 1.165) is 31.5 Å². The Kier molecular flexibility index (Phi) is 6.42. The molecule has 0 spiro atoms. The van der Waals surface area contributed by atoms with Gasteiger partial charge in [-0.25, -0.2) is 4.98 Å². The number of aromatic nitrogens is 1. The van der Waals surface area contributed by atoms with E-state index in [-0.39, 0.29) is 12.5 Å². The van der Waals surface area contributed by atoms with Gasteiger partial charge < -0.3 is 21.1 Å². The van der Waals surface area contributed by atoms with Gasteiger partial charge in [-0.1, -0.05) is 37.1 Å². The Morgan fingerprint density at radius 3 is 2.52 bits per heavy atom. The van der Waals surface area contributed by atoms with E-state index in [2.05, 4.69) is 45.2 Å². The summed E-state index contributed by atoms with van der Waals surface area (Å²) in [6.45, 7) is 0.684. The molecule has 2 aromatic rings. The Bertz CT molecular complexity index is 810. The number of carbonyl (C=O) groups is 1. The fourth-order valence-electron chi connectivity index (χ4n) is 4.32. The van der Waals surface area contributed by atoms with Gasteiger partial charge in [0.25, 0.3) is 5.91 Å². The number of hydrogen-bond donors (Lipinski definition) is 4. The molecule has 2 aliphatic carbocycles. The summed E-state index contributed by atoms with van der Waals surface area (Å²) in [5.74, 6) is 0.557. The first-order valence-corrected chi connectivity index (χ1v) is 10.7. The van der Waals surface area contributed by atoms with E-state index in [1.54, 1.807) is 18.3 Å². The third kappa shape index (κ3) is 5.34. The molecule has 0 bridgehead atoms. The molecule has 154 valence electrons. The highest BCUT2D eigenvalue weighted by atomic mass is 16.3. The molecule has 1 amide bonds. The maximum Gasteiger partial charge on any atom is 0.251 e. The topological polar surface area (TPSA) is 86.3 Å². The summed E-state index contributed by atoms with van der Waals surface area (Å²) in [4.78, 5) is 16.8. The Balaban J connectivity index is 1.20. The molecule has 1 heterocycles. The Morgan fingerprint density at radius 2 is 1.79 bits per heavy atom. The molecular weight excluding hydrogens is 364 g/mol. The largest absolute Gasteiger partial charge is 0.390 e. The van der Waals surface area contributed by atoms with Gasteiger partial charge in [-0.2, -0.15) is 0 Å². The summed E-state index contributed by atoms with van der Waals surface area (Å²) in [6.07, 6.45) is 7.81. The van der Waals surface area contributed by atoms with Gasteiger partial charge in [0.15, 0.2) is 0 Å². The molecule has 2 aliphatic rings. The maximum absolute atomic E-state index is 12.4. The molecule has 6 heteroatoms. The number of hydrogen-bond acceptors (Lipinski definition) is 5. The van der Waals surface area contributed by atoms with Crippen molar-refractivity contribution < 1.29 is 9.90 Å². The van der Waals surface area contributed by atoms with Crippen LogP contribution < -0.4 is 16.0 Å². The van der Waals surface area contributed by atoms with Crippen molar-refractivity contribution in [2.75, 3.05) is 18.4 Å². The van der Waals surface area contributed by atoms with E-state index in [0.29, 0.717) is 24.2 Å². The number of anilines is 1. The lowest BCUT2D eigenvalue weighted by atomic mass is 10.1. The standard InChI is InChI=1S/C23H30N4O2/c28-21(14-25-20-11-16-5-1-2-6-17(16)12-20)15-26-23(29)18-9-10-24-22(13-18)27-19-7-3-4-8-19/h1-2,5-6,9-10,13,19-21,25,28H,3-4,7-8,11-12,14-15H2,(H,24,27)(H,26,29). The van der Waals surface area contributed by atoms with Gasteiger partial charge in [0, 0.05) is 36.9 Å². The minimum atomic E-state index is -0.624. The number of aliphatic hydroxyl groups is 1. The highest BCUT2D eigenvalue weighted by Crippen LogP contribution is 2.22. The van der Waals surface area contributed by atoms with E-state index in [4.69, 9.17) is 0 Å². The van der Waals surface area contributed by atoms with E-state index in [1.807, 2.05) is 0 Å². The summed E-state index contributed by atoms with van der Waals surface area (Å²) >= 11 is 0. The molecule has 1 atom stereocenters. The summed E-state index contributed by atoms with van der Waals surface area (Å²) in [6, 6.07) is 12.8. The molecule has 6 nitrogen and oxygen atoms in total. The number of carbonyl (C=O) groups excluding carboxylic acids is 1. The lowest BCUT2D eigenvalue weighted by Crippen LogP contribution is -2.41. The molecule has 0 radical (unpaired) electrons. The number of amides is 1. The summed E-state index contributed by atoms with van der Waals surface area (Å²) in [7, 11) is 0. The number of pyridine rings is 1. The zero-order chi connectivity index (χ0) is 20.1. The second kappa shape index (κ2) is 9.37. The van der Waals surface area contributed by atoms with Crippen LogP contribution in [0.1, 0.15) is 47.2 Å². The van der Waals surface area contributed by atoms with Crippen LogP contribution in [0.15, 0.2) is 42.6 Å². The SMILES string of the molecule is O=C(NCC(O)CNC1Cc2ccccc2C1)c1ccnc(NC2CCCC2)c1. The summed E-state index contributed by atoms with van der Waals surface area (Å²) < 4.78 is 0. The Labute approximate surface area is 172 Å². The Morgan fingerprint density at radius 1 is 1.07 bits per heavy atom. The third-order valence-corrected chi connectivity index (χ3v) is 5.92. The lowest BCUT2D eigenvalue weighted by molar-refractivity contribution is 0.0914.